The molecule has 2 rings (SSSR count). The van der Waals surface area contributed by atoms with Gasteiger partial charge in [0.1, 0.15) is 12.3 Å². The van der Waals surface area contributed by atoms with Gasteiger partial charge in [-0.2, -0.15) is 0 Å². The minimum absolute atomic E-state index is 0.172. The number of hydrogen-bond acceptors (Lipinski definition) is 4. The molecule has 0 aliphatic carbocycles. The zero-order valence-corrected chi connectivity index (χ0v) is 26.1. The lowest BCUT2D eigenvalue weighted by molar-refractivity contribution is -0.273. The third-order valence-corrected chi connectivity index (χ3v) is 6.59. The van der Waals surface area contributed by atoms with Gasteiger partial charge in [-0.3, -0.25) is 0 Å². The molecule has 0 heterocycles. The third kappa shape index (κ3) is 7.37. The standard InChI is InChI=1S/C33H51NO3/c1-21-16-24(30(4,5)6)28(25(17-21)31(7,8)9)36-34(23(3)20-35)37-29-26(32(10,11)12)18-22(2)19-27(29)33(13,14)15/h16-20,23H,1-15H3/t23-/m0/s1. The van der Waals surface area contributed by atoms with Crippen molar-refractivity contribution >= 4 is 6.29 Å². The van der Waals surface area contributed by atoms with Crippen molar-refractivity contribution in [3.05, 3.63) is 57.6 Å². The van der Waals surface area contributed by atoms with E-state index in [4.69, 9.17) is 9.68 Å². The van der Waals surface area contributed by atoms with Crippen LogP contribution < -0.4 is 9.68 Å². The quantitative estimate of drug-likeness (QED) is 0.288. The first kappa shape index (κ1) is 30.9. The first-order valence-electron chi connectivity index (χ1n) is 13.5. The molecule has 0 spiro atoms. The van der Waals surface area contributed by atoms with Crippen molar-refractivity contribution in [2.24, 2.45) is 0 Å². The van der Waals surface area contributed by atoms with Crippen molar-refractivity contribution < 1.29 is 14.5 Å². The third-order valence-electron chi connectivity index (χ3n) is 6.59. The second-order valence-electron chi connectivity index (χ2n) is 14.7. The van der Waals surface area contributed by atoms with Crippen molar-refractivity contribution in [3.63, 3.8) is 0 Å². The van der Waals surface area contributed by atoms with Gasteiger partial charge in [0.2, 0.25) is 0 Å². The summed E-state index contributed by atoms with van der Waals surface area (Å²) >= 11 is 0. The number of carbonyl (C=O) groups is 1. The van der Waals surface area contributed by atoms with Crippen LogP contribution >= 0.6 is 0 Å². The molecule has 0 aliphatic rings. The first-order valence-corrected chi connectivity index (χ1v) is 13.5. The topological polar surface area (TPSA) is 38.8 Å². The van der Waals surface area contributed by atoms with Gasteiger partial charge < -0.3 is 14.5 Å². The minimum Gasteiger partial charge on any atom is -0.370 e. The molecular weight excluding hydrogens is 458 g/mol. The second-order valence-corrected chi connectivity index (χ2v) is 14.7. The minimum atomic E-state index is -0.635. The van der Waals surface area contributed by atoms with Crippen LogP contribution in [-0.2, 0) is 26.5 Å². The summed E-state index contributed by atoms with van der Waals surface area (Å²) in [6.45, 7) is 32.3. The number of benzene rings is 2. The van der Waals surface area contributed by atoms with E-state index in [1.807, 2.05) is 0 Å². The lowest BCUT2D eigenvalue weighted by Gasteiger charge is -2.36. The van der Waals surface area contributed by atoms with Gasteiger partial charge >= 0.3 is 0 Å². The van der Waals surface area contributed by atoms with Gasteiger partial charge in [0.25, 0.3) is 0 Å². The van der Waals surface area contributed by atoms with E-state index >= 15 is 0 Å². The highest BCUT2D eigenvalue weighted by atomic mass is 17.0. The Morgan fingerprint density at radius 2 is 0.838 bits per heavy atom. The highest BCUT2D eigenvalue weighted by molar-refractivity contribution is 5.57. The molecule has 0 amide bonds. The average Bonchev–Trinajstić information content (AvgIpc) is 2.71. The monoisotopic (exact) mass is 509 g/mol. The van der Waals surface area contributed by atoms with Crippen molar-refractivity contribution in [2.75, 3.05) is 0 Å². The van der Waals surface area contributed by atoms with E-state index in [9.17, 15) is 4.79 Å². The number of aryl methyl sites for hydroxylation is 2. The number of hydroxylamine groups is 2. The molecule has 0 aromatic heterocycles. The van der Waals surface area contributed by atoms with Crippen LogP contribution in [0.2, 0.25) is 0 Å². The Kier molecular flexibility index (Phi) is 8.72. The van der Waals surface area contributed by atoms with E-state index < -0.39 is 6.04 Å². The van der Waals surface area contributed by atoms with E-state index in [1.54, 1.807) is 6.92 Å². The van der Waals surface area contributed by atoms with E-state index in [1.165, 1.54) is 16.4 Å². The smallest absolute Gasteiger partial charge is 0.159 e. The fourth-order valence-corrected chi connectivity index (χ4v) is 4.39. The van der Waals surface area contributed by atoms with Crippen LogP contribution in [0.15, 0.2) is 24.3 Å². The van der Waals surface area contributed by atoms with E-state index in [2.05, 4.69) is 121 Å². The predicted octanol–water partition coefficient (Wildman–Crippen LogP) is 8.67. The summed E-state index contributed by atoms with van der Waals surface area (Å²) in [6, 6.07) is 8.09. The van der Waals surface area contributed by atoms with Gasteiger partial charge in [-0.1, -0.05) is 118 Å². The van der Waals surface area contributed by atoms with Crippen LogP contribution in [0.3, 0.4) is 0 Å². The van der Waals surface area contributed by atoms with Gasteiger partial charge in [0.05, 0.1) is 0 Å². The first-order chi connectivity index (χ1) is 16.6. The number of carbonyl (C=O) groups excluding carboxylic acids is 1. The molecule has 4 heteroatoms. The lowest BCUT2D eigenvalue weighted by Crippen LogP contribution is -2.42. The van der Waals surface area contributed by atoms with Gasteiger partial charge in [0.15, 0.2) is 11.5 Å². The Labute approximate surface area is 226 Å². The summed E-state index contributed by atoms with van der Waals surface area (Å²) < 4.78 is 0. The molecule has 0 radical (unpaired) electrons. The van der Waals surface area contributed by atoms with Gasteiger partial charge in [0, 0.05) is 27.5 Å². The van der Waals surface area contributed by atoms with Crippen LogP contribution in [-0.4, -0.2) is 17.6 Å². The summed E-state index contributed by atoms with van der Waals surface area (Å²) in [5, 5.41) is 1.40. The SMILES string of the molecule is Cc1cc(C(C)(C)C)c(ON(Oc2c(C(C)(C)C)cc(C)cc2C(C)(C)C)[C@@H](C)C=O)c(C(C)(C)C)c1. The van der Waals surface area contributed by atoms with Crippen LogP contribution in [0, 0.1) is 13.8 Å². The maximum absolute atomic E-state index is 12.2. The molecule has 1 atom stereocenters. The summed E-state index contributed by atoms with van der Waals surface area (Å²) in [5.74, 6) is 1.50. The molecule has 0 N–H and O–H groups in total. The van der Waals surface area contributed by atoms with Crippen LogP contribution in [0.4, 0.5) is 0 Å². The van der Waals surface area contributed by atoms with Crippen molar-refractivity contribution in [2.45, 2.75) is 132 Å². The fourth-order valence-electron chi connectivity index (χ4n) is 4.39. The van der Waals surface area contributed by atoms with E-state index in [0.29, 0.717) is 0 Å². The Balaban J connectivity index is 2.83. The number of aldehydes is 1. The van der Waals surface area contributed by atoms with E-state index in [-0.39, 0.29) is 21.7 Å². The second kappa shape index (κ2) is 10.4. The summed E-state index contributed by atoms with van der Waals surface area (Å²) in [4.78, 5) is 25.5. The molecule has 0 aliphatic heterocycles. The van der Waals surface area contributed by atoms with Crippen LogP contribution in [0.25, 0.3) is 0 Å². The molecule has 206 valence electrons. The van der Waals surface area contributed by atoms with Crippen molar-refractivity contribution in [3.8, 4) is 11.5 Å². The van der Waals surface area contributed by atoms with Crippen molar-refractivity contribution in [1.29, 1.82) is 0 Å². The van der Waals surface area contributed by atoms with Crippen molar-refractivity contribution in [1.82, 2.24) is 5.23 Å². The Hall–Kier alpha value is -2.33. The Morgan fingerprint density at radius 1 is 0.595 bits per heavy atom. The molecular formula is C33H51NO3. The molecule has 2 aromatic rings. The van der Waals surface area contributed by atoms with Gasteiger partial charge in [-0.25, -0.2) is 0 Å². The fraction of sp³-hybridized carbons (Fsp3) is 0.606. The zero-order chi connectivity index (χ0) is 28.7. The molecule has 0 saturated carbocycles. The lowest BCUT2D eigenvalue weighted by atomic mass is 9.78. The van der Waals surface area contributed by atoms with Crippen LogP contribution in [0.5, 0.6) is 11.5 Å². The summed E-state index contributed by atoms with van der Waals surface area (Å²) in [7, 11) is 0. The highest BCUT2D eigenvalue weighted by Crippen LogP contribution is 2.44. The van der Waals surface area contributed by atoms with Gasteiger partial charge in [-0.05, 0) is 42.4 Å². The largest absolute Gasteiger partial charge is 0.370 e. The number of rotatable bonds is 6. The summed E-state index contributed by atoms with van der Waals surface area (Å²) in [6.07, 6.45) is 0.865. The molecule has 0 fully saturated rings. The molecule has 37 heavy (non-hydrogen) atoms. The Bertz CT molecular complexity index is 965. The normalized spacial score (nSPS) is 14.1. The van der Waals surface area contributed by atoms with Crippen LogP contribution in [0.1, 0.15) is 123 Å². The molecule has 0 bridgehead atoms. The molecule has 0 saturated heterocycles. The van der Waals surface area contributed by atoms with E-state index in [0.717, 1.165) is 40.0 Å². The maximum Gasteiger partial charge on any atom is 0.159 e. The highest BCUT2D eigenvalue weighted by Gasteiger charge is 2.34. The maximum atomic E-state index is 12.2. The summed E-state index contributed by atoms with van der Waals surface area (Å²) in [5.41, 5.74) is 6.01. The zero-order valence-electron chi connectivity index (χ0n) is 26.1. The molecule has 4 nitrogen and oxygen atoms in total. The molecule has 2 aromatic carbocycles. The Morgan fingerprint density at radius 3 is 1.03 bits per heavy atom. The number of nitrogens with zero attached hydrogens (tertiary/aromatic N) is 1. The number of hydrogen-bond donors (Lipinski definition) is 0. The van der Waals surface area contributed by atoms with Gasteiger partial charge in [-0.15, -0.1) is 0 Å². The molecule has 0 unspecified atom stereocenters. The average molecular weight is 510 g/mol. The predicted molar refractivity (Wildman–Crippen MR) is 156 cm³/mol.